The summed E-state index contributed by atoms with van der Waals surface area (Å²) in [5, 5.41) is -0.446. The minimum absolute atomic E-state index is 0.0408. The molecule has 0 aromatic carbocycles. The van der Waals surface area contributed by atoms with Crippen LogP contribution in [0.3, 0.4) is 0 Å². The molecule has 1 aromatic heterocycles. The summed E-state index contributed by atoms with van der Waals surface area (Å²) < 4.78 is 32.0. The van der Waals surface area contributed by atoms with Crippen LogP contribution in [-0.2, 0) is 20.8 Å². The molecule has 0 spiro atoms. The molecule has 1 rings (SSSR count). The van der Waals surface area contributed by atoms with Crippen molar-refractivity contribution in [3.05, 3.63) is 27.4 Å². The van der Waals surface area contributed by atoms with Gasteiger partial charge >= 0.3 is 5.69 Å². The van der Waals surface area contributed by atoms with Crippen LogP contribution in [0.25, 0.3) is 0 Å². The molecule has 0 aliphatic carbocycles. The topological polar surface area (TPSA) is 81.2 Å². The maximum absolute atomic E-state index is 12.4. The second kappa shape index (κ2) is 11.0. The first kappa shape index (κ1) is 23.0. The fraction of sp³-hybridized carbons (Fsp3) is 0.778. The van der Waals surface area contributed by atoms with Crippen molar-refractivity contribution in [3.63, 3.8) is 0 Å². The van der Waals surface area contributed by atoms with Crippen LogP contribution < -0.4 is 5.69 Å². The molecule has 0 saturated carbocycles. The van der Waals surface area contributed by atoms with Gasteiger partial charge < -0.3 is 4.57 Å². The summed E-state index contributed by atoms with van der Waals surface area (Å²) in [4.78, 5) is 14.3. The van der Waals surface area contributed by atoms with E-state index >= 15 is 0 Å². The normalized spacial score (nSPS) is 13.5. The highest BCUT2D eigenvalue weighted by atomic mass is 32.2. The Hall–Kier alpha value is -0.990. The van der Waals surface area contributed by atoms with Gasteiger partial charge in [0, 0.05) is 12.7 Å². The first-order chi connectivity index (χ1) is 12.1. The van der Waals surface area contributed by atoms with E-state index in [2.05, 4.69) is 4.98 Å². The molecule has 0 amide bonds. The third kappa shape index (κ3) is 8.14. The molecular weight excluding hydrogens is 372 g/mol. The van der Waals surface area contributed by atoms with E-state index in [0.717, 1.165) is 19.3 Å². The number of nitrogens with zero attached hydrogens (tertiary/aromatic N) is 1. The van der Waals surface area contributed by atoms with Crippen LogP contribution in [0.2, 0.25) is 0 Å². The van der Waals surface area contributed by atoms with Gasteiger partial charge in [-0.25, -0.2) is 4.79 Å². The Morgan fingerprint density at radius 2 is 1.81 bits per heavy atom. The van der Waals surface area contributed by atoms with Gasteiger partial charge in [0.15, 0.2) is 0 Å². The van der Waals surface area contributed by atoms with Crippen LogP contribution in [0.5, 0.6) is 0 Å². The molecule has 1 N–H and O–H groups in total. The zero-order valence-corrected chi connectivity index (χ0v) is 17.9. The number of aromatic nitrogens is 2. The van der Waals surface area contributed by atoms with E-state index in [4.69, 9.17) is 16.4 Å². The second-order valence-corrected chi connectivity index (χ2v) is 9.71. The van der Waals surface area contributed by atoms with Gasteiger partial charge in [-0.05, 0) is 37.2 Å². The van der Waals surface area contributed by atoms with Crippen LogP contribution in [-0.4, -0.2) is 29.8 Å². The summed E-state index contributed by atoms with van der Waals surface area (Å²) in [5.41, 5.74) is -0.197. The highest BCUT2D eigenvalue weighted by molar-refractivity contribution is 7.87. The fourth-order valence-corrected chi connectivity index (χ4v) is 4.77. The van der Waals surface area contributed by atoms with Crippen molar-refractivity contribution in [2.24, 2.45) is 11.8 Å². The minimum Gasteiger partial charge on any atom is -0.301 e. The van der Waals surface area contributed by atoms with Gasteiger partial charge in [0.05, 0.1) is 11.9 Å². The molecule has 0 radical (unpaired) electrons. The highest BCUT2D eigenvalue weighted by Crippen LogP contribution is 2.22. The largest absolute Gasteiger partial charge is 0.326 e. The van der Waals surface area contributed by atoms with Gasteiger partial charge in [0.25, 0.3) is 10.1 Å². The summed E-state index contributed by atoms with van der Waals surface area (Å²) in [5.74, 6) is 0.357. The summed E-state index contributed by atoms with van der Waals surface area (Å²) in [7, 11) is -3.52. The van der Waals surface area contributed by atoms with Crippen molar-refractivity contribution < 1.29 is 12.6 Å². The lowest BCUT2D eigenvalue weighted by Gasteiger charge is -2.22. The van der Waals surface area contributed by atoms with Crippen molar-refractivity contribution in [1.82, 2.24) is 9.55 Å². The van der Waals surface area contributed by atoms with E-state index < -0.39 is 15.4 Å². The van der Waals surface area contributed by atoms with Gasteiger partial charge in [-0.1, -0.05) is 52.8 Å². The van der Waals surface area contributed by atoms with Crippen molar-refractivity contribution in [1.29, 1.82) is 0 Å². The Balaban J connectivity index is 2.30. The number of hydrogen-bond donors (Lipinski definition) is 1. The molecular formula is C18H32N2O4S2. The number of hydrogen-bond acceptors (Lipinski definition) is 5. The highest BCUT2D eigenvalue weighted by Gasteiger charge is 2.30. The van der Waals surface area contributed by atoms with E-state index in [-0.39, 0.29) is 18.2 Å². The number of nitrogens with one attached hydrogen (secondary N) is 1. The van der Waals surface area contributed by atoms with E-state index in [9.17, 15) is 13.2 Å². The summed E-state index contributed by atoms with van der Waals surface area (Å²) in [6.45, 7) is 8.74. The maximum atomic E-state index is 12.4. The Bertz CT molecular complexity index is 751. The summed E-state index contributed by atoms with van der Waals surface area (Å²) in [6.07, 6.45) is 5.62. The van der Waals surface area contributed by atoms with Crippen LogP contribution in [0.1, 0.15) is 59.8 Å². The average Bonchev–Trinajstić information content (AvgIpc) is 2.52. The lowest BCUT2D eigenvalue weighted by molar-refractivity contribution is 0.289. The van der Waals surface area contributed by atoms with Gasteiger partial charge in [0.2, 0.25) is 0 Å². The van der Waals surface area contributed by atoms with Crippen molar-refractivity contribution in [2.45, 2.75) is 71.6 Å². The monoisotopic (exact) mass is 404 g/mol. The van der Waals surface area contributed by atoms with Crippen molar-refractivity contribution in [3.8, 4) is 0 Å². The molecule has 1 unspecified atom stereocenters. The molecule has 0 aliphatic rings. The molecule has 8 heteroatoms. The van der Waals surface area contributed by atoms with Crippen LogP contribution in [0.4, 0.5) is 0 Å². The van der Waals surface area contributed by atoms with E-state index in [0.29, 0.717) is 29.9 Å². The number of rotatable bonds is 12. The molecule has 1 heterocycles. The van der Waals surface area contributed by atoms with E-state index in [1.807, 2.05) is 27.7 Å². The Morgan fingerprint density at radius 3 is 2.38 bits per heavy atom. The minimum atomic E-state index is -3.52. The smallest absolute Gasteiger partial charge is 0.301 e. The molecule has 150 valence electrons. The lowest BCUT2D eigenvalue weighted by atomic mass is 10.0. The van der Waals surface area contributed by atoms with E-state index in [1.165, 1.54) is 0 Å². The maximum Gasteiger partial charge on any atom is 0.326 e. The molecule has 1 aromatic rings. The summed E-state index contributed by atoms with van der Waals surface area (Å²) >= 11 is 4.90. The number of unbranched alkanes of at least 4 members (excludes halogenated alkanes) is 3. The van der Waals surface area contributed by atoms with Crippen LogP contribution in [0.15, 0.2) is 17.1 Å². The predicted octanol–water partition coefficient (Wildman–Crippen LogP) is 3.88. The molecule has 0 bridgehead atoms. The molecule has 0 aliphatic heterocycles. The van der Waals surface area contributed by atoms with Crippen molar-refractivity contribution >= 4 is 22.3 Å². The van der Waals surface area contributed by atoms with Crippen LogP contribution in [0, 0.1) is 16.5 Å². The zero-order valence-electron chi connectivity index (χ0n) is 16.2. The number of H-pyrrole nitrogens is 1. The first-order valence-electron chi connectivity index (χ1n) is 9.31. The predicted molar refractivity (Wildman–Crippen MR) is 107 cm³/mol. The quantitative estimate of drug-likeness (QED) is 0.325. The Labute approximate surface area is 162 Å². The first-order valence-corrected chi connectivity index (χ1v) is 11.2. The fourth-order valence-electron chi connectivity index (χ4n) is 2.81. The third-order valence-electron chi connectivity index (χ3n) is 4.26. The third-order valence-corrected chi connectivity index (χ3v) is 6.47. The Kier molecular flexibility index (Phi) is 9.74. The molecule has 0 fully saturated rings. The lowest BCUT2D eigenvalue weighted by Crippen LogP contribution is -2.30. The van der Waals surface area contributed by atoms with Crippen molar-refractivity contribution in [2.75, 3.05) is 6.61 Å². The van der Waals surface area contributed by atoms with Gasteiger partial charge in [-0.15, -0.1) is 0 Å². The van der Waals surface area contributed by atoms with E-state index in [1.54, 1.807) is 16.8 Å². The number of aryl methyl sites for hydroxylation is 1. The molecule has 0 saturated heterocycles. The SMILES string of the molecule is CC(C)CC(C(C)C)S(=O)(=O)OCCCCCCn1ccc(=S)[nH]c1=O. The van der Waals surface area contributed by atoms with Gasteiger partial charge in [0.1, 0.15) is 4.64 Å². The van der Waals surface area contributed by atoms with Gasteiger partial charge in [-0.2, -0.15) is 8.42 Å². The number of aromatic amines is 1. The van der Waals surface area contributed by atoms with Crippen LogP contribution >= 0.6 is 12.2 Å². The Morgan fingerprint density at radius 1 is 1.15 bits per heavy atom. The molecule has 1 atom stereocenters. The molecule has 26 heavy (non-hydrogen) atoms. The van der Waals surface area contributed by atoms with Gasteiger partial charge in [-0.3, -0.25) is 9.17 Å². The summed E-state index contributed by atoms with van der Waals surface area (Å²) in [6, 6.07) is 1.69. The average molecular weight is 405 g/mol. The molecule has 6 nitrogen and oxygen atoms in total. The second-order valence-electron chi connectivity index (χ2n) is 7.44. The zero-order chi connectivity index (χ0) is 19.7. The standard InChI is InChI=1S/C18H32N2O4S2/c1-14(2)13-16(15(3)4)26(22,23)24-12-8-6-5-7-10-20-11-9-17(25)19-18(20)21/h9,11,14-16H,5-8,10,12-13H2,1-4H3,(H,19,21,25).